The van der Waals surface area contributed by atoms with Crippen molar-refractivity contribution in [2.75, 3.05) is 0 Å². The first kappa shape index (κ1) is 36.4. The smallest absolute Gasteiger partial charge is 0.160 e. The Balaban J connectivity index is 0.886. The summed E-state index contributed by atoms with van der Waals surface area (Å²) in [6.45, 7) is 0. The van der Waals surface area contributed by atoms with Crippen molar-refractivity contribution >= 4 is 11.0 Å². The van der Waals surface area contributed by atoms with Crippen LogP contribution in [0.25, 0.3) is 118 Å². The van der Waals surface area contributed by atoms with E-state index in [1.54, 1.807) is 0 Å². The lowest BCUT2D eigenvalue weighted by Gasteiger charge is -2.13. The standard InChI is InChI=1S/C59H38N4/c1-3-14-39(15-4-1)40-28-32-43(33-29-40)55-38-54(42-16-5-2-6-17-42)60-58(61-55)48-21-12-20-47(37-48)46-19-11-18-45(36-46)41-30-34-44(35-31-41)59-62-53-26-13-25-52-50-23-8-7-22-49(50)51-24-9-10-27-56(51)63(59)57(52)53/h1-38H. The van der Waals surface area contributed by atoms with Crippen LogP contribution < -0.4 is 0 Å². The van der Waals surface area contributed by atoms with E-state index >= 15 is 0 Å². The Labute approximate surface area is 366 Å². The molecule has 4 heteroatoms. The predicted molar refractivity (Wildman–Crippen MR) is 259 cm³/mol. The Morgan fingerprint density at radius 3 is 1.38 bits per heavy atom. The number of nitrogens with zero attached hydrogens (tertiary/aromatic N) is 4. The second kappa shape index (κ2) is 15.2. The summed E-state index contributed by atoms with van der Waals surface area (Å²) in [4.78, 5) is 15.6. The monoisotopic (exact) mass is 802 g/mol. The van der Waals surface area contributed by atoms with Gasteiger partial charge in [-0.1, -0.05) is 200 Å². The first-order chi connectivity index (χ1) is 31.2. The number of rotatable bonds is 7. The van der Waals surface area contributed by atoms with E-state index in [4.69, 9.17) is 15.0 Å². The Hall–Kier alpha value is -8.47. The molecule has 0 saturated heterocycles. The van der Waals surface area contributed by atoms with Crippen LogP contribution in [0.2, 0.25) is 0 Å². The molecule has 294 valence electrons. The van der Waals surface area contributed by atoms with Crippen LogP contribution in [0.5, 0.6) is 0 Å². The van der Waals surface area contributed by atoms with Gasteiger partial charge in [0.25, 0.3) is 0 Å². The number of fused-ring (bicyclic) bond motifs is 5. The van der Waals surface area contributed by atoms with Gasteiger partial charge in [-0.25, -0.2) is 15.0 Å². The Morgan fingerprint density at radius 2 is 0.698 bits per heavy atom. The molecule has 0 saturated carbocycles. The zero-order valence-electron chi connectivity index (χ0n) is 34.2. The quantitative estimate of drug-likeness (QED) is 0.161. The molecule has 4 nitrogen and oxygen atoms in total. The fourth-order valence-corrected chi connectivity index (χ4v) is 9.09. The molecule has 12 rings (SSSR count). The van der Waals surface area contributed by atoms with Crippen molar-refractivity contribution < 1.29 is 0 Å². The van der Waals surface area contributed by atoms with E-state index in [1.807, 2.05) is 12.1 Å². The highest BCUT2D eigenvalue weighted by atomic mass is 15.1. The number of imidazole rings is 1. The van der Waals surface area contributed by atoms with Gasteiger partial charge in [0.2, 0.25) is 0 Å². The molecule has 0 N–H and O–H groups in total. The molecule has 0 aliphatic carbocycles. The Kier molecular flexibility index (Phi) is 8.79. The highest BCUT2D eigenvalue weighted by molar-refractivity contribution is 6.03. The predicted octanol–water partition coefficient (Wildman–Crippen LogP) is 15.1. The summed E-state index contributed by atoms with van der Waals surface area (Å²) in [6.07, 6.45) is 0. The maximum atomic E-state index is 5.27. The molecule has 0 unspecified atom stereocenters. The second-order valence-electron chi connectivity index (χ2n) is 16.0. The molecule has 1 aliphatic heterocycles. The van der Waals surface area contributed by atoms with Crippen molar-refractivity contribution in [3.05, 3.63) is 231 Å². The maximum absolute atomic E-state index is 5.27. The summed E-state index contributed by atoms with van der Waals surface area (Å²) < 4.78 is 2.35. The lowest BCUT2D eigenvalue weighted by Crippen LogP contribution is -1.99. The summed E-state index contributed by atoms with van der Waals surface area (Å²) in [5.41, 5.74) is 20.9. The zero-order chi connectivity index (χ0) is 41.7. The van der Waals surface area contributed by atoms with E-state index in [-0.39, 0.29) is 0 Å². The molecule has 2 aromatic heterocycles. The lowest BCUT2D eigenvalue weighted by atomic mass is 9.94. The first-order valence-electron chi connectivity index (χ1n) is 21.3. The van der Waals surface area contributed by atoms with Gasteiger partial charge in [-0.05, 0) is 74.8 Å². The summed E-state index contributed by atoms with van der Waals surface area (Å²) >= 11 is 0. The highest BCUT2D eigenvalue weighted by Gasteiger charge is 2.25. The van der Waals surface area contributed by atoms with Crippen LogP contribution in [0.4, 0.5) is 0 Å². The van der Waals surface area contributed by atoms with Crippen LogP contribution in [0.3, 0.4) is 0 Å². The lowest BCUT2D eigenvalue weighted by molar-refractivity contribution is 1.11. The normalized spacial score (nSPS) is 11.5. The number of benzene rings is 9. The third-order valence-corrected chi connectivity index (χ3v) is 12.2. The Bertz CT molecular complexity index is 3480. The van der Waals surface area contributed by atoms with Gasteiger partial charge in [0.15, 0.2) is 5.82 Å². The van der Waals surface area contributed by atoms with Crippen LogP contribution in [0.1, 0.15) is 0 Å². The summed E-state index contributed by atoms with van der Waals surface area (Å²) in [6, 6.07) is 81.6. The van der Waals surface area contributed by atoms with Crippen molar-refractivity contribution in [3.63, 3.8) is 0 Å². The van der Waals surface area contributed by atoms with Crippen molar-refractivity contribution in [1.29, 1.82) is 0 Å². The third kappa shape index (κ3) is 6.53. The number of para-hydroxylation sites is 2. The Morgan fingerprint density at radius 1 is 0.270 bits per heavy atom. The van der Waals surface area contributed by atoms with Crippen LogP contribution in [-0.4, -0.2) is 19.5 Å². The van der Waals surface area contributed by atoms with Crippen molar-refractivity contribution in [3.8, 4) is 107 Å². The molecule has 0 atom stereocenters. The largest absolute Gasteiger partial charge is 0.291 e. The molecular formula is C59H38N4. The summed E-state index contributed by atoms with van der Waals surface area (Å²) in [7, 11) is 0. The average molecular weight is 803 g/mol. The van der Waals surface area contributed by atoms with E-state index in [2.05, 4.69) is 223 Å². The van der Waals surface area contributed by atoms with Gasteiger partial charge < -0.3 is 0 Å². The van der Waals surface area contributed by atoms with E-state index in [0.717, 1.165) is 78.4 Å². The minimum absolute atomic E-state index is 0.687. The molecule has 0 bridgehead atoms. The van der Waals surface area contributed by atoms with Gasteiger partial charge in [-0.15, -0.1) is 0 Å². The average Bonchev–Trinajstić information content (AvgIpc) is 3.71. The summed E-state index contributed by atoms with van der Waals surface area (Å²) in [5, 5.41) is 0. The molecule has 0 radical (unpaired) electrons. The van der Waals surface area contributed by atoms with E-state index in [0.29, 0.717) is 5.82 Å². The molecule has 63 heavy (non-hydrogen) atoms. The van der Waals surface area contributed by atoms with Gasteiger partial charge >= 0.3 is 0 Å². The van der Waals surface area contributed by atoms with Crippen LogP contribution in [0.15, 0.2) is 231 Å². The van der Waals surface area contributed by atoms with Gasteiger partial charge in [0, 0.05) is 33.4 Å². The molecule has 9 aromatic carbocycles. The molecule has 0 spiro atoms. The van der Waals surface area contributed by atoms with Gasteiger partial charge in [0.05, 0.1) is 28.1 Å². The van der Waals surface area contributed by atoms with Crippen molar-refractivity contribution in [1.82, 2.24) is 19.5 Å². The zero-order valence-corrected chi connectivity index (χ0v) is 34.2. The number of hydrogen-bond donors (Lipinski definition) is 0. The third-order valence-electron chi connectivity index (χ3n) is 12.2. The van der Waals surface area contributed by atoms with E-state index < -0.39 is 0 Å². The highest BCUT2D eigenvalue weighted by Crippen LogP contribution is 2.45. The molecule has 0 fully saturated rings. The SMILES string of the molecule is c1ccc(-c2ccc(-c3cc(-c4ccccc4)nc(-c4cccc(-c5cccc(-c6ccc(-c7nc8cccc9c8n7-c7ccccc7-c7ccccc7-9)cc6)c5)c4)n3)cc2)cc1. The topological polar surface area (TPSA) is 43.6 Å². The van der Waals surface area contributed by atoms with Gasteiger partial charge in [0.1, 0.15) is 5.82 Å². The van der Waals surface area contributed by atoms with E-state index in [9.17, 15) is 0 Å². The minimum Gasteiger partial charge on any atom is -0.291 e. The molecule has 1 aliphatic rings. The maximum Gasteiger partial charge on any atom is 0.160 e. The second-order valence-corrected chi connectivity index (χ2v) is 16.0. The van der Waals surface area contributed by atoms with Gasteiger partial charge in [-0.3, -0.25) is 4.57 Å². The number of hydrogen-bond acceptors (Lipinski definition) is 3. The summed E-state index contributed by atoms with van der Waals surface area (Å²) in [5.74, 6) is 1.62. The van der Waals surface area contributed by atoms with Crippen LogP contribution in [-0.2, 0) is 0 Å². The van der Waals surface area contributed by atoms with Gasteiger partial charge in [-0.2, -0.15) is 0 Å². The minimum atomic E-state index is 0.687. The number of aromatic nitrogens is 4. The molecular weight excluding hydrogens is 765 g/mol. The van der Waals surface area contributed by atoms with E-state index in [1.165, 1.54) is 33.4 Å². The van der Waals surface area contributed by atoms with Crippen LogP contribution in [0, 0.1) is 0 Å². The molecule has 0 amide bonds. The fourth-order valence-electron chi connectivity index (χ4n) is 9.09. The fraction of sp³-hybridized carbons (Fsp3) is 0. The first-order valence-corrected chi connectivity index (χ1v) is 21.3. The molecule has 3 heterocycles. The van der Waals surface area contributed by atoms with Crippen molar-refractivity contribution in [2.24, 2.45) is 0 Å². The molecule has 11 aromatic rings. The van der Waals surface area contributed by atoms with Crippen molar-refractivity contribution in [2.45, 2.75) is 0 Å². The van der Waals surface area contributed by atoms with Crippen LogP contribution >= 0.6 is 0 Å².